The number of rotatable bonds is 8. The first-order chi connectivity index (χ1) is 21.7. The van der Waals surface area contributed by atoms with Gasteiger partial charge in [0.2, 0.25) is 0 Å². The predicted octanol–water partition coefficient (Wildman–Crippen LogP) is 9.98. The molecule has 3 aliphatic rings. The molecule has 0 saturated heterocycles. The third kappa shape index (κ3) is 7.45. The Bertz CT molecular complexity index is 1600. The van der Waals surface area contributed by atoms with Crippen LogP contribution < -0.4 is 11.1 Å². The van der Waals surface area contributed by atoms with Gasteiger partial charge in [0.05, 0.1) is 11.3 Å². The Morgan fingerprint density at radius 1 is 0.844 bits per heavy atom. The van der Waals surface area contributed by atoms with Gasteiger partial charge in [-0.1, -0.05) is 87.1 Å². The number of nitrogens with one attached hydrogen (secondary N) is 1. The van der Waals surface area contributed by atoms with Crippen LogP contribution in [0.15, 0.2) is 84.2 Å². The minimum Gasteiger partial charge on any atom is -0.399 e. The first kappa shape index (κ1) is 31.0. The van der Waals surface area contributed by atoms with Gasteiger partial charge >= 0.3 is 6.18 Å². The molecule has 2 fully saturated rings. The number of halogens is 3. The molecule has 45 heavy (non-hydrogen) atoms. The van der Waals surface area contributed by atoms with E-state index >= 15 is 0 Å². The monoisotopic (exact) mass is 610 g/mol. The number of carbonyl (C=O) groups excluding carboxylic acids is 1. The average molecular weight is 611 g/mol. The van der Waals surface area contributed by atoms with E-state index in [0.717, 1.165) is 60.1 Å². The zero-order valence-corrected chi connectivity index (χ0v) is 25.6. The lowest BCUT2D eigenvalue weighted by atomic mass is 9.79. The largest absolute Gasteiger partial charge is 0.416 e. The number of Topliss-reactive ketones (excluding diaryl/α,β-unsaturated/α-hetero) is 1. The molecule has 3 aromatic rings. The summed E-state index contributed by atoms with van der Waals surface area (Å²) in [4.78, 5) is 14.6. The van der Waals surface area contributed by atoms with Gasteiger partial charge in [0.15, 0.2) is 5.78 Å². The quantitative estimate of drug-likeness (QED) is 0.152. The molecule has 2 atom stereocenters. The highest BCUT2D eigenvalue weighted by molar-refractivity contribution is 6.23. The Morgan fingerprint density at radius 3 is 2.27 bits per heavy atom. The maximum absolute atomic E-state index is 14.6. The van der Waals surface area contributed by atoms with Crippen molar-refractivity contribution in [2.45, 2.75) is 76.9 Å². The van der Waals surface area contributed by atoms with Gasteiger partial charge < -0.3 is 11.1 Å². The van der Waals surface area contributed by atoms with E-state index in [2.05, 4.69) is 23.2 Å². The van der Waals surface area contributed by atoms with Crippen LogP contribution >= 0.6 is 0 Å². The lowest BCUT2D eigenvalue weighted by Crippen LogP contribution is -2.23. The minimum atomic E-state index is -4.37. The zero-order chi connectivity index (χ0) is 31.4. The van der Waals surface area contributed by atoms with E-state index < -0.39 is 11.7 Å². The lowest BCUT2D eigenvalue weighted by Gasteiger charge is -2.25. The molecule has 6 rings (SSSR count). The number of nitrogen functional groups attached to an aromatic ring is 1. The third-order valence-corrected chi connectivity index (χ3v) is 9.90. The van der Waals surface area contributed by atoms with Crippen molar-refractivity contribution < 1.29 is 18.0 Å². The number of hydrogen-bond acceptors (Lipinski definition) is 3. The molecular weight excluding hydrogens is 569 g/mol. The number of allylic oxidation sites excluding steroid dienone is 2. The average Bonchev–Trinajstić information content (AvgIpc) is 3.22. The molecule has 0 bridgehead atoms. The van der Waals surface area contributed by atoms with Gasteiger partial charge in [-0.2, -0.15) is 13.2 Å². The number of hydrogen-bond donors (Lipinski definition) is 2. The van der Waals surface area contributed by atoms with Gasteiger partial charge in [0.1, 0.15) is 0 Å². The molecule has 3 aliphatic carbocycles. The molecule has 3 N–H and O–H groups in total. The predicted molar refractivity (Wildman–Crippen MR) is 176 cm³/mol. The third-order valence-electron chi connectivity index (χ3n) is 9.90. The topological polar surface area (TPSA) is 55.1 Å². The molecule has 0 spiro atoms. The van der Waals surface area contributed by atoms with E-state index in [1.54, 1.807) is 0 Å². The highest BCUT2D eigenvalue weighted by Gasteiger charge is 2.37. The second kappa shape index (κ2) is 13.5. The normalized spacial score (nSPS) is 20.5. The van der Waals surface area contributed by atoms with E-state index in [9.17, 15) is 18.0 Å². The Morgan fingerprint density at radius 2 is 1.56 bits per heavy atom. The summed E-state index contributed by atoms with van der Waals surface area (Å²) < 4.78 is 39.2. The molecule has 0 aromatic heterocycles. The van der Waals surface area contributed by atoms with Crippen LogP contribution in [0.4, 0.5) is 18.9 Å². The maximum Gasteiger partial charge on any atom is 0.416 e. The summed E-state index contributed by atoms with van der Waals surface area (Å²) in [6.07, 6.45) is 11.4. The number of anilines is 1. The van der Waals surface area contributed by atoms with E-state index in [0.29, 0.717) is 40.9 Å². The van der Waals surface area contributed by atoms with Crippen molar-refractivity contribution in [1.82, 2.24) is 5.32 Å². The molecule has 234 valence electrons. The molecule has 1 unspecified atom stereocenters. The molecule has 2 saturated carbocycles. The Hall–Kier alpha value is -4.02. The van der Waals surface area contributed by atoms with Gasteiger partial charge in [0, 0.05) is 23.7 Å². The second-order valence-electron chi connectivity index (χ2n) is 13.0. The second-order valence-corrected chi connectivity index (χ2v) is 13.0. The molecule has 0 heterocycles. The SMILES string of the molecule is Nc1ccc(-c2ccc3c(c2)C(C(=O)C2CCC[C@H]2CC2CCCCCC2)=CC(NCc2ccc(C(F)(F)F)cc2)=C=C3)cc1. The molecule has 6 heteroatoms. The van der Waals surface area contributed by atoms with E-state index in [-0.39, 0.29) is 11.7 Å². The summed E-state index contributed by atoms with van der Waals surface area (Å²) in [7, 11) is 0. The summed E-state index contributed by atoms with van der Waals surface area (Å²) in [5.41, 5.74) is 15.1. The van der Waals surface area contributed by atoms with Crippen molar-refractivity contribution in [3.05, 3.63) is 106 Å². The Kier molecular flexibility index (Phi) is 9.32. The number of carbonyl (C=O) groups is 1. The first-order valence-electron chi connectivity index (χ1n) is 16.4. The van der Waals surface area contributed by atoms with Crippen LogP contribution in [0, 0.1) is 17.8 Å². The van der Waals surface area contributed by atoms with Gasteiger partial charge in [-0.15, -0.1) is 0 Å². The molecule has 0 radical (unpaired) electrons. The summed E-state index contributed by atoms with van der Waals surface area (Å²) in [5.74, 6) is 1.28. The number of benzene rings is 3. The summed E-state index contributed by atoms with van der Waals surface area (Å²) in [6, 6.07) is 19.1. The first-order valence-corrected chi connectivity index (χ1v) is 16.4. The molecule has 3 nitrogen and oxygen atoms in total. The summed E-state index contributed by atoms with van der Waals surface area (Å²) in [5, 5.41) is 3.33. The lowest BCUT2D eigenvalue weighted by molar-refractivity contribution is -0.137. The van der Waals surface area contributed by atoms with Crippen molar-refractivity contribution in [2.75, 3.05) is 5.73 Å². The molecule has 3 aromatic carbocycles. The van der Waals surface area contributed by atoms with Crippen LogP contribution in [-0.2, 0) is 17.5 Å². The Labute approximate surface area is 264 Å². The maximum atomic E-state index is 14.6. The minimum absolute atomic E-state index is 0.0122. The van der Waals surface area contributed by atoms with Crippen LogP contribution in [0.3, 0.4) is 0 Å². The van der Waals surface area contributed by atoms with Crippen LogP contribution in [0.2, 0.25) is 0 Å². The van der Waals surface area contributed by atoms with E-state index in [1.807, 2.05) is 42.5 Å². The number of ketones is 1. The van der Waals surface area contributed by atoms with Crippen LogP contribution in [0.25, 0.3) is 22.8 Å². The van der Waals surface area contributed by atoms with Gasteiger partial charge in [-0.25, -0.2) is 0 Å². The zero-order valence-electron chi connectivity index (χ0n) is 25.6. The number of alkyl halides is 3. The van der Waals surface area contributed by atoms with Crippen molar-refractivity contribution >= 4 is 23.1 Å². The smallest absolute Gasteiger partial charge is 0.399 e. The van der Waals surface area contributed by atoms with Crippen molar-refractivity contribution in [2.24, 2.45) is 17.8 Å². The highest BCUT2D eigenvalue weighted by Crippen LogP contribution is 2.43. The van der Waals surface area contributed by atoms with Gasteiger partial charge in [-0.05, 0) is 101 Å². The van der Waals surface area contributed by atoms with E-state index in [4.69, 9.17) is 5.73 Å². The Balaban J connectivity index is 1.30. The fourth-order valence-electron chi connectivity index (χ4n) is 7.40. The highest BCUT2D eigenvalue weighted by atomic mass is 19.4. The van der Waals surface area contributed by atoms with Crippen LogP contribution in [0.5, 0.6) is 0 Å². The fraction of sp³-hybridized carbons (Fsp3) is 0.385. The molecule has 0 aliphatic heterocycles. The van der Waals surface area contributed by atoms with Crippen LogP contribution in [-0.4, -0.2) is 5.78 Å². The summed E-state index contributed by atoms with van der Waals surface area (Å²) in [6.45, 7) is 0.313. The van der Waals surface area contributed by atoms with Gasteiger partial charge in [-0.3, -0.25) is 4.79 Å². The molecular formula is C39H41F3N2O. The van der Waals surface area contributed by atoms with Crippen molar-refractivity contribution in [3.63, 3.8) is 0 Å². The fourth-order valence-corrected chi connectivity index (χ4v) is 7.40. The standard InChI is InChI=1S/C39H41F3N2O/c40-39(41,42)32-17-10-27(11-18-32)25-44-34-21-16-29-12-13-30(28-14-19-33(43)20-15-28)23-36(29)37(24-34)38(45)35-9-5-8-31(35)22-26-6-3-1-2-4-7-26/h10-20,23-24,26,31,35,44H,1-9,22,25,43H2/t31-,35?/m0/s1. The summed E-state index contributed by atoms with van der Waals surface area (Å²) >= 11 is 0. The number of nitrogens with two attached hydrogens (primary N) is 1. The van der Waals surface area contributed by atoms with Crippen molar-refractivity contribution in [1.29, 1.82) is 0 Å². The van der Waals surface area contributed by atoms with Crippen molar-refractivity contribution in [3.8, 4) is 11.1 Å². The van der Waals surface area contributed by atoms with Crippen LogP contribution in [0.1, 0.15) is 86.5 Å². The van der Waals surface area contributed by atoms with E-state index in [1.165, 1.54) is 50.7 Å². The number of fused-ring (bicyclic) bond motifs is 1. The van der Waals surface area contributed by atoms with Gasteiger partial charge in [0.25, 0.3) is 0 Å². The molecule has 0 amide bonds.